The third-order valence-corrected chi connectivity index (χ3v) is 5.84. The zero-order valence-electron chi connectivity index (χ0n) is 14.0. The summed E-state index contributed by atoms with van der Waals surface area (Å²) in [4.78, 5) is 6.25. The van der Waals surface area contributed by atoms with Gasteiger partial charge in [-0.25, -0.2) is 4.98 Å². The summed E-state index contributed by atoms with van der Waals surface area (Å²) in [6, 6.07) is 0. The lowest BCUT2D eigenvalue weighted by atomic mass is 9.79. The van der Waals surface area contributed by atoms with Gasteiger partial charge in [-0.2, -0.15) is 0 Å². The molecule has 1 aliphatic rings. The van der Waals surface area contributed by atoms with Crippen LogP contribution < -0.4 is 5.32 Å². The van der Waals surface area contributed by atoms with Crippen LogP contribution in [0.3, 0.4) is 0 Å². The molecule has 2 rings (SSSR count). The Balaban J connectivity index is 2.15. The van der Waals surface area contributed by atoms with Gasteiger partial charge in [0, 0.05) is 18.0 Å². The van der Waals surface area contributed by atoms with Gasteiger partial charge in [0.15, 0.2) is 0 Å². The first-order valence-electron chi connectivity index (χ1n) is 8.42. The van der Waals surface area contributed by atoms with E-state index in [1.165, 1.54) is 34.8 Å². The maximum Gasteiger partial charge on any atom is 0.125 e. The van der Waals surface area contributed by atoms with Crippen molar-refractivity contribution in [2.45, 2.75) is 71.9 Å². The molecule has 0 spiro atoms. The van der Waals surface area contributed by atoms with Crippen molar-refractivity contribution < 1.29 is 4.74 Å². The number of aromatic nitrogens is 1. The molecule has 3 nitrogen and oxygen atoms in total. The van der Waals surface area contributed by atoms with Crippen molar-refractivity contribution >= 4 is 11.3 Å². The Morgan fingerprint density at radius 1 is 1.33 bits per heavy atom. The first-order chi connectivity index (χ1) is 10.1. The Hall–Kier alpha value is -0.450. The maximum atomic E-state index is 6.23. The number of nitrogens with one attached hydrogen (secondary N) is 1. The highest BCUT2D eigenvalue weighted by Gasteiger charge is 2.39. The Morgan fingerprint density at radius 2 is 2.05 bits per heavy atom. The molecule has 1 heterocycles. The molecule has 0 aromatic carbocycles. The summed E-state index contributed by atoms with van der Waals surface area (Å²) in [6.07, 6.45) is 5.92. The number of aryl methyl sites for hydroxylation is 1. The topological polar surface area (TPSA) is 34.1 Å². The molecule has 0 atom stereocenters. The average Bonchev–Trinajstić information content (AvgIpc) is 2.84. The van der Waals surface area contributed by atoms with Crippen LogP contribution in [0.4, 0.5) is 0 Å². The highest BCUT2D eigenvalue weighted by atomic mass is 32.1. The van der Waals surface area contributed by atoms with Crippen molar-refractivity contribution in [1.82, 2.24) is 10.3 Å². The number of nitrogens with zero attached hydrogens (tertiary/aromatic N) is 1. The van der Waals surface area contributed by atoms with Crippen molar-refractivity contribution in [3.05, 3.63) is 15.6 Å². The number of rotatable bonds is 7. The van der Waals surface area contributed by atoms with Gasteiger partial charge in [0.05, 0.1) is 5.69 Å². The highest BCUT2D eigenvalue weighted by Crippen LogP contribution is 2.44. The lowest BCUT2D eigenvalue weighted by molar-refractivity contribution is -0.0776. The fourth-order valence-electron chi connectivity index (χ4n) is 3.09. The fourth-order valence-corrected chi connectivity index (χ4v) is 4.32. The smallest absolute Gasteiger partial charge is 0.125 e. The minimum Gasteiger partial charge on any atom is -0.368 e. The summed E-state index contributed by atoms with van der Waals surface area (Å²) >= 11 is 1.86. The summed E-state index contributed by atoms with van der Waals surface area (Å²) in [6.45, 7) is 11.6. The number of hydrogen-bond acceptors (Lipinski definition) is 4. The van der Waals surface area contributed by atoms with Crippen molar-refractivity contribution in [1.29, 1.82) is 0 Å². The Labute approximate surface area is 133 Å². The van der Waals surface area contributed by atoms with Crippen LogP contribution >= 0.6 is 11.3 Å². The van der Waals surface area contributed by atoms with Crippen molar-refractivity contribution in [2.24, 2.45) is 5.92 Å². The van der Waals surface area contributed by atoms with E-state index < -0.39 is 0 Å². The molecule has 1 aliphatic carbocycles. The van der Waals surface area contributed by atoms with E-state index in [1.54, 1.807) is 0 Å². The van der Waals surface area contributed by atoms with Crippen LogP contribution in [-0.2, 0) is 16.9 Å². The molecule has 4 heteroatoms. The third-order valence-electron chi connectivity index (χ3n) is 4.50. The predicted octanol–water partition coefficient (Wildman–Crippen LogP) is 4.39. The quantitative estimate of drug-likeness (QED) is 0.758. The van der Waals surface area contributed by atoms with E-state index in [0.29, 0.717) is 0 Å². The van der Waals surface area contributed by atoms with E-state index in [1.807, 2.05) is 11.3 Å². The van der Waals surface area contributed by atoms with Gasteiger partial charge < -0.3 is 10.1 Å². The van der Waals surface area contributed by atoms with Crippen LogP contribution in [0.2, 0.25) is 0 Å². The van der Waals surface area contributed by atoms with Crippen molar-refractivity contribution in [3.8, 4) is 0 Å². The largest absolute Gasteiger partial charge is 0.368 e. The van der Waals surface area contributed by atoms with Crippen LogP contribution in [0.25, 0.3) is 0 Å². The van der Waals surface area contributed by atoms with Gasteiger partial charge in [0.2, 0.25) is 0 Å². The summed E-state index contributed by atoms with van der Waals surface area (Å²) in [5.41, 5.74) is 1.07. The van der Waals surface area contributed by atoms with Gasteiger partial charge in [-0.05, 0) is 58.4 Å². The van der Waals surface area contributed by atoms with Crippen LogP contribution in [0.1, 0.15) is 68.5 Å². The van der Waals surface area contributed by atoms with E-state index >= 15 is 0 Å². The van der Waals surface area contributed by atoms with E-state index in [9.17, 15) is 0 Å². The zero-order chi connectivity index (χ0) is 15.3. The SMILES string of the molecule is CCCNCc1sc(C2(OCC)CCC(C)CC2)nc1C. The second-order valence-electron chi connectivity index (χ2n) is 6.31. The third kappa shape index (κ3) is 4.05. The van der Waals surface area contributed by atoms with Crippen LogP contribution in [0, 0.1) is 12.8 Å². The van der Waals surface area contributed by atoms with Gasteiger partial charge >= 0.3 is 0 Å². The van der Waals surface area contributed by atoms with Gasteiger partial charge in [-0.1, -0.05) is 13.8 Å². The lowest BCUT2D eigenvalue weighted by Crippen LogP contribution is -2.34. The molecule has 1 saturated carbocycles. The normalized spacial score (nSPS) is 26.2. The number of hydrogen-bond donors (Lipinski definition) is 1. The molecule has 0 unspecified atom stereocenters. The lowest BCUT2D eigenvalue weighted by Gasteiger charge is -2.37. The van der Waals surface area contributed by atoms with Crippen LogP contribution in [0.15, 0.2) is 0 Å². The van der Waals surface area contributed by atoms with E-state index in [4.69, 9.17) is 9.72 Å². The van der Waals surface area contributed by atoms with Crippen molar-refractivity contribution in [3.63, 3.8) is 0 Å². The molecular weight excluding hydrogens is 280 g/mol. The molecule has 0 aliphatic heterocycles. The van der Waals surface area contributed by atoms with Gasteiger partial charge in [-0.3, -0.25) is 0 Å². The van der Waals surface area contributed by atoms with Gasteiger partial charge in [-0.15, -0.1) is 11.3 Å². The molecular formula is C17H30N2OS. The highest BCUT2D eigenvalue weighted by molar-refractivity contribution is 7.11. The predicted molar refractivity (Wildman–Crippen MR) is 89.8 cm³/mol. The minimum absolute atomic E-state index is 0.111. The van der Waals surface area contributed by atoms with Crippen molar-refractivity contribution in [2.75, 3.05) is 13.2 Å². The number of thiazole rings is 1. The van der Waals surface area contributed by atoms with E-state index in [-0.39, 0.29) is 5.60 Å². The maximum absolute atomic E-state index is 6.23. The zero-order valence-corrected chi connectivity index (χ0v) is 14.8. The molecule has 0 saturated heterocycles. The van der Waals surface area contributed by atoms with Crippen LogP contribution in [0.5, 0.6) is 0 Å². The molecule has 1 aromatic rings. The first-order valence-corrected chi connectivity index (χ1v) is 9.24. The second kappa shape index (κ2) is 7.70. The van der Waals surface area contributed by atoms with Gasteiger partial charge in [0.25, 0.3) is 0 Å². The van der Waals surface area contributed by atoms with E-state index in [2.05, 4.69) is 33.0 Å². The van der Waals surface area contributed by atoms with Gasteiger partial charge in [0.1, 0.15) is 10.6 Å². The summed E-state index contributed by atoms with van der Waals surface area (Å²) in [5.74, 6) is 0.824. The monoisotopic (exact) mass is 310 g/mol. The molecule has 0 radical (unpaired) electrons. The summed E-state index contributed by atoms with van der Waals surface area (Å²) in [7, 11) is 0. The Morgan fingerprint density at radius 3 is 2.67 bits per heavy atom. The first kappa shape index (κ1) is 16.9. The standard InChI is InChI=1S/C17H30N2OS/c1-5-11-18-12-15-14(4)19-16(21-15)17(20-6-2)9-7-13(3)8-10-17/h13,18H,5-12H2,1-4H3. The fraction of sp³-hybridized carbons (Fsp3) is 0.824. The molecule has 1 aromatic heterocycles. The second-order valence-corrected chi connectivity index (χ2v) is 7.40. The molecule has 0 amide bonds. The molecule has 1 fully saturated rings. The summed E-state index contributed by atoms with van der Waals surface area (Å²) < 4.78 is 6.23. The Bertz CT molecular complexity index is 436. The molecule has 1 N–H and O–H groups in total. The average molecular weight is 311 g/mol. The number of ether oxygens (including phenoxy) is 1. The molecule has 120 valence electrons. The van der Waals surface area contributed by atoms with E-state index in [0.717, 1.165) is 38.5 Å². The van der Waals surface area contributed by atoms with Crippen LogP contribution in [-0.4, -0.2) is 18.1 Å². The molecule has 21 heavy (non-hydrogen) atoms. The summed E-state index contributed by atoms with van der Waals surface area (Å²) in [5, 5.41) is 4.70. The minimum atomic E-state index is -0.111. The Kier molecular flexibility index (Phi) is 6.20. The molecule has 0 bridgehead atoms.